The van der Waals surface area contributed by atoms with E-state index in [4.69, 9.17) is 0 Å². The lowest BCUT2D eigenvalue weighted by molar-refractivity contribution is -0.115. The molecule has 5 heteroatoms. The van der Waals surface area contributed by atoms with E-state index in [1.807, 2.05) is 44.2 Å². The summed E-state index contributed by atoms with van der Waals surface area (Å²) < 4.78 is 0.811. The van der Waals surface area contributed by atoms with Crippen molar-refractivity contribution in [1.29, 1.82) is 0 Å². The Hall–Kier alpha value is -2.14. The van der Waals surface area contributed by atoms with Gasteiger partial charge in [-0.15, -0.1) is 0 Å². The van der Waals surface area contributed by atoms with E-state index in [1.54, 1.807) is 12.1 Å². The maximum Gasteiger partial charge on any atom is 0.251 e. The molecule has 0 aliphatic heterocycles. The van der Waals surface area contributed by atoms with Crippen LogP contribution in [0.3, 0.4) is 0 Å². The van der Waals surface area contributed by atoms with E-state index in [-0.39, 0.29) is 18.4 Å². The quantitative estimate of drug-likeness (QED) is 0.877. The van der Waals surface area contributed by atoms with Crippen molar-refractivity contribution >= 4 is 33.4 Å². The third kappa shape index (κ3) is 4.43. The van der Waals surface area contributed by atoms with E-state index in [0.29, 0.717) is 11.3 Å². The summed E-state index contributed by atoms with van der Waals surface area (Å²) in [6, 6.07) is 12.9. The van der Waals surface area contributed by atoms with Gasteiger partial charge >= 0.3 is 0 Å². The van der Waals surface area contributed by atoms with Crippen LogP contribution in [0.1, 0.15) is 21.5 Å². The Bertz CT molecular complexity index is 714. The Morgan fingerprint density at radius 1 is 1.05 bits per heavy atom. The van der Waals surface area contributed by atoms with E-state index in [0.717, 1.165) is 15.6 Å². The van der Waals surface area contributed by atoms with Crippen LogP contribution in [0.2, 0.25) is 0 Å². The lowest BCUT2D eigenvalue weighted by atomic mass is 10.1. The summed E-state index contributed by atoms with van der Waals surface area (Å²) in [5.74, 6) is -0.535. The van der Waals surface area contributed by atoms with Crippen LogP contribution in [0.4, 0.5) is 5.69 Å². The molecule has 2 aromatic carbocycles. The Kier molecular flexibility index (Phi) is 5.33. The topological polar surface area (TPSA) is 58.2 Å². The van der Waals surface area contributed by atoms with E-state index in [9.17, 15) is 9.59 Å². The highest BCUT2D eigenvalue weighted by Gasteiger charge is 2.09. The number of anilines is 1. The predicted octanol–water partition coefficient (Wildman–Crippen LogP) is 3.43. The Labute approximate surface area is 138 Å². The van der Waals surface area contributed by atoms with Gasteiger partial charge in [0, 0.05) is 10.0 Å². The maximum atomic E-state index is 12.0. The monoisotopic (exact) mass is 360 g/mol. The van der Waals surface area contributed by atoms with Crippen LogP contribution in [0.15, 0.2) is 46.9 Å². The van der Waals surface area contributed by atoms with Crippen molar-refractivity contribution in [2.24, 2.45) is 0 Å². The van der Waals surface area contributed by atoms with Crippen molar-refractivity contribution in [3.63, 3.8) is 0 Å². The first-order chi connectivity index (χ1) is 10.5. The van der Waals surface area contributed by atoms with Gasteiger partial charge in [0.2, 0.25) is 5.91 Å². The highest BCUT2D eigenvalue weighted by atomic mass is 79.9. The number of carbonyl (C=O) groups excluding carboxylic acids is 2. The average Bonchev–Trinajstić information content (AvgIpc) is 2.47. The van der Waals surface area contributed by atoms with Gasteiger partial charge < -0.3 is 10.6 Å². The molecule has 22 heavy (non-hydrogen) atoms. The molecule has 0 spiro atoms. The molecule has 2 rings (SSSR count). The molecule has 0 radical (unpaired) electrons. The van der Waals surface area contributed by atoms with Crippen molar-refractivity contribution < 1.29 is 9.59 Å². The van der Waals surface area contributed by atoms with E-state index >= 15 is 0 Å². The summed E-state index contributed by atoms with van der Waals surface area (Å²) in [5.41, 5.74) is 3.32. The highest BCUT2D eigenvalue weighted by Crippen LogP contribution is 2.23. The maximum absolute atomic E-state index is 12.0. The molecule has 0 heterocycles. The number of halogens is 1. The largest absolute Gasteiger partial charge is 0.343 e. The first kappa shape index (κ1) is 16.2. The SMILES string of the molecule is Cc1cccc(C(=O)NCC(=O)Nc2ccc(C)cc2Br)c1. The number of hydrogen-bond acceptors (Lipinski definition) is 2. The second-order valence-corrected chi connectivity index (χ2v) is 5.94. The normalized spacial score (nSPS) is 10.1. The van der Waals surface area contributed by atoms with Crippen molar-refractivity contribution in [3.05, 3.63) is 63.6 Å². The number of nitrogens with one attached hydrogen (secondary N) is 2. The average molecular weight is 361 g/mol. The van der Waals surface area contributed by atoms with Gasteiger partial charge in [-0.3, -0.25) is 9.59 Å². The Morgan fingerprint density at radius 2 is 1.77 bits per heavy atom. The minimum atomic E-state index is -0.273. The minimum Gasteiger partial charge on any atom is -0.343 e. The second kappa shape index (κ2) is 7.22. The molecular weight excluding hydrogens is 344 g/mol. The number of carbonyl (C=O) groups is 2. The van der Waals surface area contributed by atoms with E-state index in [2.05, 4.69) is 26.6 Å². The second-order valence-electron chi connectivity index (χ2n) is 5.08. The van der Waals surface area contributed by atoms with Crippen LogP contribution < -0.4 is 10.6 Å². The molecule has 0 saturated carbocycles. The molecule has 0 fully saturated rings. The van der Waals surface area contributed by atoms with E-state index < -0.39 is 0 Å². The van der Waals surface area contributed by atoms with Gasteiger partial charge in [-0.1, -0.05) is 23.8 Å². The lowest BCUT2D eigenvalue weighted by Crippen LogP contribution is -2.32. The van der Waals surface area contributed by atoms with Gasteiger partial charge in [-0.25, -0.2) is 0 Å². The summed E-state index contributed by atoms with van der Waals surface area (Å²) in [7, 11) is 0. The Balaban J connectivity index is 1.91. The van der Waals surface area contributed by atoms with Crippen LogP contribution in [0.5, 0.6) is 0 Å². The van der Waals surface area contributed by atoms with Crippen molar-refractivity contribution in [1.82, 2.24) is 5.32 Å². The van der Waals surface area contributed by atoms with Gasteiger partial charge in [-0.05, 0) is 59.6 Å². The molecule has 4 nitrogen and oxygen atoms in total. The molecule has 0 saturated heterocycles. The number of aryl methyl sites for hydroxylation is 2. The molecule has 0 unspecified atom stereocenters. The number of rotatable bonds is 4. The summed E-state index contributed by atoms with van der Waals surface area (Å²) >= 11 is 3.40. The van der Waals surface area contributed by atoms with Gasteiger partial charge in [0.25, 0.3) is 5.91 Å². The molecule has 0 bridgehead atoms. The summed E-state index contributed by atoms with van der Waals surface area (Å²) in [5, 5.41) is 5.37. The fourth-order valence-electron chi connectivity index (χ4n) is 1.96. The predicted molar refractivity (Wildman–Crippen MR) is 91.0 cm³/mol. The molecular formula is C17H17BrN2O2. The summed E-state index contributed by atoms with van der Waals surface area (Å²) in [4.78, 5) is 23.9. The van der Waals surface area contributed by atoms with Gasteiger partial charge in [0.1, 0.15) is 0 Å². The van der Waals surface area contributed by atoms with E-state index in [1.165, 1.54) is 0 Å². The standard InChI is InChI=1S/C17H17BrN2O2/c1-11-4-3-5-13(8-11)17(22)19-10-16(21)20-15-7-6-12(2)9-14(15)18/h3-9H,10H2,1-2H3,(H,19,22)(H,20,21). The van der Waals surface area contributed by atoms with Gasteiger partial charge in [0.15, 0.2) is 0 Å². The first-order valence-electron chi connectivity index (χ1n) is 6.86. The first-order valence-corrected chi connectivity index (χ1v) is 7.66. The molecule has 0 atom stereocenters. The zero-order valence-electron chi connectivity index (χ0n) is 12.4. The van der Waals surface area contributed by atoms with Gasteiger partial charge in [0.05, 0.1) is 12.2 Å². The third-order valence-corrected chi connectivity index (χ3v) is 3.74. The highest BCUT2D eigenvalue weighted by molar-refractivity contribution is 9.10. The fraction of sp³-hybridized carbons (Fsp3) is 0.176. The van der Waals surface area contributed by atoms with Crippen LogP contribution in [-0.4, -0.2) is 18.4 Å². The molecule has 0 aliphatic carbocycles. The van der Waals surface area contributed by atoms with Crippen molar-refractivity contribution in [2.75, 3.05) is 11.9 Å². The summed E-state index contributed by atoms with van der Waals surface area (Å²) in [6.07, 6.45) is 0. The summed E-state index contributed by atoms with van der Waals surface area (Å²) in [6.45, 7) is 3.81. The zero-order valence-corrected chi connectivity index (χ0v) is 14.0. The van der Waals surface area contributed by atoms with Crippen molar-refractivity contribution in [2.45, 2.75) is 13.8 Å². The van der Waals surface area contributed by atoms with Crippen LogP contribution in [0.25, 0.3) is 0 Å². The Morgan fingerprint density at radius 3 is 2.45 bits per heavy atom. The lowest BCUT2D eigenvalue weighted by Gasteiger charge is -2.09. The third-order valence-electron chi connectivity index (χ3n) is 3.09. The number of benzene rings is 2. The zero-order chi connectivity index (χ0) is 16.1. The smallest absolute Gasteiger partial charge is 0.251 e. The number of hydrogen-bond donors (Lipinski definition) is 2. The molecule has 2 amide bonds. The van der Waals surface area contributed by atoms with Crippen LogP contribution in [0, 0.1) is 13.8 Å². The molecule has 2 N–H and O–H groups in total. The molecule has 2 aromatic rings. The fourth-order valence-corrected chi connectivity index (χ4v) is 2.56. The molecule has 114 valence electrons. The van der Waals surface area contributed by atoms with Crippen LogP contribution in [-0.2, 0) is 4.79 Å². The van der Waals surface area contributed by atoms with Gasteiger partial charge in [-0.2, -0.15) is 0 Å². The molecule has 0 aliphatic rings. The minimum absolute atomic E-state index is 0.0763. The number of amides is 2. The van der Waals surface area contributed by atoms with Crippen LogP contribution >= 0.6 is 15.9 Å². The van der Waals surface area contributed by atoms with Crippen molar-refractivity contribution in [3.8, 4) is 0 Å². The molecule has 0 aromatic heterocycles.